The van der Waals surface area contributed by atoms with Crippen molar-refractivity contribution < 1.29 is 14.5 Å². The van der Waals surface area contributed by atoms with Gasteiger partial charge in [-0.1, -0.05) is 28.1 Å². The largest absolute Gasteiger partial charge is 0.484 e. The van der Waals surface area contributed by atoms with Crippen LogP contribution in [0, 0.1) is 10.1 Å². The van der Waals surface area contributed by atoms with Crippen molar-refractivity contribution in [2.24, 2.45) is 0 Å². The first-order valence-electron chi connectivity index (χ1n) is 7.94. The summed E-state index contributed by atoms with van der Waals surface area (Å²) in [4.78, 5) is 22.3. The molecule has 0 aliphatic rings. The van der Waals surface area contributed by atoms with Gasteiger partial charge in [0.2, 0.25) is 0 Å². The Bertz CT molecular complexity index is 956. The van der Waals surface area contributed by atoms with Crippen LogP contribution < -0.4 is 10.1 Å². The lowest BCUT2D eigenvalue weighted by Gasteiger charge is -2.10. The molecule has 1 amide bonds. The van der Waals surface area contributed by atoms with E-state index in [1.165, 1.54) is 24.3 Å². The van der Waals surface area contributed by atoms with Crippen LogP contribution >= 0.6 is 15.9 Å². The maximum atomic E-state index is 12.1. The summed E-state index contributed by atoms with van der Waals surface area (Å²) < 4.78 is 7.99. The van der Waals surface area contributed by atoms with E-state index in [-0.39, 0.29) is 18.2 Å². The number of non-ortho nitro benzene ring substituents is 1. The zero-order chi connectivity index (χ0) is 19.2. The Hall–Kier alpha value is -3.20. The molecular formula is C18H15BrN4O4. The molecule has 1 aromatic heterocycles. The Morgan fingerprint density at radius 3 is 2.70 bits per heavy atom. The number of nitro groups is 1. The summed E-state index contributed by atoms with van der Waals surface area (Å²) in [6, 6.07) is 15.0. The number of hydrogen-bond donors (Lipinski definition) is 1. The van der Waals surface area contributed by atoms with Gasteiger partial charge in [0.05, 0.1) is 17.7 Å². The molecule has 0 fully saturated rings. The van der Waals surface area contributed by atoms with Crippen molar-refractivity contribution in [2.75, 3.05) is 11.9 Å². The normalized spacial score (nSPS) is 10.4. The summed E-state index contributed by atoms with van der Waals surface area (Å²) in [5.41, 5.74) is 0.994. The Morgan fingerprint density at radius 1 is 1.22 bits per heavy atom. The van der Waals surface area contributed by atoms with Gasteiger partial charge in [-0.3, -0.25) is 14.9 Å². The Labute approximate surface area is 163 Å². The summed E-state index contributed by atoms with van der Waals surface area (Å²) >= 11 is 3.43. The van der Waals surface area contributed by atoms with Crippen LogP contribution in [0.3, 0.4) is 0 Å². The van der Waals surface area contributed by atoms with E-state index in [4.69, 9.17) is 4.74 Å². The van der Waals surface area contributed by atoms with Crippen LogP contribution in [0.15, 0.2) is 65.3 Å². The lowest BCUT2D eigenvalue weighted by atomic mass is 10.2. The van der Waals surface area contributed by atoms with E-state index < -0.39 is 4.92 Å². The number of anilines is 1. The highest BCUT2D eigenvalue weighted by atomic mass is 79.9. The lowest BCUT2D eigenvalue weighted by molar-refractivity contribution is -0.384. The van der Waals surface area contributed by atoms with Gasteiger partial charge in [0.1, 0.15) is 11.6 Å². The molecule has 3 rings (SSSR count). The van der Waals surface area contributed by atoms with E-state index in [2.05, 4.69) is 26.3 Å². The van der Waals surface area contributed by atoms with Crippen molar-refractivity contribution in [3.8, 4) is 5.75 Å². The molecule has 0 spiro atoms. The fourth-order valence-electron chi connectivity index (χ4n) is 2.36. The predicted octanol–water partition coefficient (Wildman–Crippen LogP) is 3.62. The summed E-state index contributed by atoms with van der Waals surface area (Å²) in [5, 5.41) is 17.6. The lowest BCUT2D eigenvalue weighted by Crippen LogP contribution is -2.22. The van der Waals surface area contributed by atoms with Crippen molar-refractivity contribution in [1.29, 1.82) is 0 Å². The molecule has 0 aliphatic heterocycles. The number of carbonyl (C=O) groups is 1. The second kappa shape index (κ2) is 8.45. The fourth-order valence-corrected chi connectivity index (χ4v) is 2.81. The van der Waals surface area contributed by atoms with Gasteiger partial charge < -0.3 is 10.1 Å². The second-order valence-electron chi connectivity index (χ2n) is 5.59. The van der Waals surface area contributed by atoms with Crippen molar-refractivity contribution in [1.82, 2.24) is 9.78 Å². The zero-order valence-electron chi connectivity index (χ0n) is 14.0. The third kappa shape index (κ3) is 5.14. The van der Waals surface area contributed by atoms with Gasteiger partial charge in [0, 0.05) is 22.7 Å². The third-order valence-corrected chi connectivity index (χ3v) is 4.12. The minimum atomic E-state index is -0.497. The molecule has 0 saturated heterocycles. The smallest absolute Gasteiger partial charge is 0.269 e. The summed E-state index contributed by atoms with van der Waals surface area (Å²) in [5.74, 6) is 0.565. The molecule has 9 heteroatoms. The van der Waals surface area contributed by atoms with E-state index in [1.54, 1.807) is 16.9 Å². The van der Waals surface area contributed by atoms with Crippen molar-refractivity contribution >= 4 is 33.3 Å². The highest BCUT2D eigenvalue weighted by Crippen LogP contribution is 2.18. The van der Waals surface area contributed by atoms with Crippen LogP contribution in [0.1, 0.15) is 5.56 Å². The summed E-state index contributed by atoms with van der Waals surface area (Å²) in [6.45, 7) is 0.283. The maximum absolute atomic E-state index is 12.1. The first-order valence-corrected chi connectivity index (χ1v) is 8.74. The van der Waals surface area contributed by atoms with Gasteiger partial charge in [-0.05, 0) is 29.8 Å². The van der Waals surface area contributed by atoms with Gasteiger partial charge in [-0.2, -0.15) is 5.10 Å². The first kappa shape index (κ1) is 18.6. The number of amides is 1. The van der Waals surface area contributed by atoms with Crippen LogP contribution in [0.5, 0.6) is 5.75 Å². The quantitative estimate of drug-likeness (QED) is 0.455. The summed E-state index contributed by atoms with van der Waals surface area (Å²) in [6.07, 6.45) is 1.60. The van der Waals surface area contributed by atoms with E-state index in [0.29, 0.717) is 18.1 Å². The second-order valence-corrected chi connectivity index (χ2v) is 6.51. The van der Waals surface area contributed by atoms with E-state index in [1.807, 2.05) is 24.3 Å². The van der Waals surface area contributed by atoms with Gasteiger partial charge in [-0.25, -0.2) is 4.68 Å². The SMILES string of the molecule is O=C(COc1ccc([N+](=O)[O-])cc1)Nc1ccnn1Cc1cccc(Br)c1. The number of rotatable bonds is 7. The molecule has 3 aromatic rings. The summed E-state index contributed by atoms with van der Waals surface area (Å²) in [7, 11) is 0. The zero-order valence-corrected chi connectivity index (χ0v) is 15.6. The minimum absolute atomic E-state index is 0.0387. The standard InChI is InChI=1S/C18H15BrN4O4/c19-14-3-1-2-13(10-14)11-22-17(8-9-20-22)21-18(24)12-27-16-6-4-15(5-7-16)23(25)26/h1-10H,11-12H2,(H,21,24). The van der Waals surface area contributed by atoms with Gasteiger partial charge in [-0.15, -0.1) is 0 Å². The molecule has 0 saturated carbocycles. The number of benzene rings is 2. The molecule has 2 aromatic carbocycles. The number of carbonyl (C=O) groups excluding carboxylic acids is 1. The predicted molar refractivity (Wildman–Crippen MR) is 103 cm³/mol. The number of hydrogen-bond acceptors (Lipinski definition) is 5. The average molecular weight is 431 g/mol. The molecule has 1 heterocycles. The molecule has 8 nitrogen and oxygen atoms in total. The highest BCUT2D eigenvalue weighted by molar-refractivity contribution is 9.10. The van der Waals surface area contributed by atoms with E-state index >= 15 is 0 Å². The van der Waals surface area contributed by atoms with Crippen LogP contribution in [0.25, 0.3) is 0 Å². The number of nitro benzene ring substituents is 1. The maximum Gasteiger partial charge on any atom is 0.269 e. The van der Waals surface area contributed by atoms with Crippen molar-refractivity contribution in [3.05, 3.63) is 80.9 Å². The van der Waals surface area contributed by atoms with Gasteiger partial charge in [0.15, 0.2) is 6.61 Å². The molecule has 138 valence electrons. The molecular weight excluding hydrogens is 416 g/mol. The molecule has 27 heavy (non-hydrogen) atoms. The molecule has 0 atom stereocenters. The molecule has 0 bridgehead atoms. The Balaban J connectivity index is 1.57. The number of halogens is 1. The van der Waals surface area contributed by atoms with Crippen LogP contribution in [0.2, 0.25) is 0 Å². The number of aromatic nitrogens is 2. The number of nitrogens with zero attached hydrogens (tertiary/aromatic N) is 3. The van der Waals surface area contributed by atoms with Gasteiger partial charge in [0.25, 0.3) is 11.6 Å². The average Bonchev–Trinajstić information content (AvgIpc) is 3.07. The molecule has 0 aliphatic carbocycles. The van der Waals surface area contributed by atoms with Crippen molar-refractivity contribution in [2.45, 2.75) is 6.54 Å². The first-order chi connectivity index (χ1) is 13.0. The topological polar surface area (TPSA) is 99.3 Å². The van der Waals surface area contributed by atoms with Crippen LogP contribution in [-0.4, -0.2) is 27.2 Å². The molecule has 0 unspecified atom stereocenters. The molecule has 1 N–H and O–H groups in total. The minimum Gasteiger partial charge on any atom is -0.484 e. The third-order valence-electron chi connectivity index (χ3n) is 3.62. The monoisotopic (exact) mass is 430 g/mol. The number of ether oxygens (including phenoxy) is 1. The molecule has 0 radical (unpaired) electrons. The van der Waals surface area contributed by atoms with E-state index in [0.717, 1.165) is 10.0 Å². The van der Waals surface area contributed by atoms with Crippen LogP contribution in [0.4, 0.5) is 11.5 Å². The number of nitrogens with one attached hydrogen (secondary N) is 1. The van der Waals surface area contributed by atoms with E-state index in [9.17, 15) is 14.9 Å². The van der Waals surface area contributed by atoms with Crippen LogP contribution in [-0.2, 0) is 11.3 Å². The highest BCUT2D eigenvalue weighted by Gasteiger charge is 2.10. The van der Waals surface area contributed by atoms with Crippen molar-refractivity contribution in [3.63, 3.8) is 0 Å². The Morgan fingerprint density at radius 2 is 2.00 bits per heavy atom. The Kier molecular flexibility index (Phi) is 5.82. The van der Waals surface area contributed by atoms with Gasteiger partial charge >= 0.3 is 0 Å². The fraction of sp³-hybridized carbons (Fsp3) is 0.111.